The zero-order chi connectivity index (χ0) is 22.8. The van der Waals surface area contributed by atoms with Gasteiger partial charge in [-0.05, 0) is 54.4 Å². The maximum absolute atomic E-state index is 12.7. The highest BCUT2D eigenvalue weighted by Gasteiger charge is 2.11. The molecule has 32 heavy (non-hydrogen) atoms. The number of amides is 1. The average Bonchev–Trinajstić information content (AvgIpc) is 2.78. The van der Waals surface area contributed by atoms with Crippen molar-refractivity contribution in [2.24, 2.45) is 0 Å². The number of carbonyl (C=O) groups excluding carboxylic acids is 1. The Balaban J connectivity index is 1.57. The summed E-state index contributed by atoms with van der Waals surface area (Å²) in [5.41, 5.74) is 2.97. The number of nitrogens with one attached hydrogen (secondary N) is 2. The van der Waals surface area contributed by atoms with Crippen LogP contribution >= 0.6 is 23.2 Å². The first-order valence-electron chi connectivity index (χ1n) is 10.9. The Morgan fingerprint density at radius 1 is 0.875 bits per heavy atom. The molecule has 0 saturated carbocycles. The Labute approximate surface area is 199 Å². The summed E-state index contributed by atoms with van der Waals surface area (Å²) in [4.78, 5) is 12.7. The van der Waals surface area contributed by atoms with Gasteiger partial charge in [0.25, 0.3) is 0 Å². The van der Waals surface area contributed by atoms with Gasteiger partial charge >= 0.3 is 0 Å². The summed E-state index contributed by atoms with van der Waals surface area (Å²) in [5.74, 6) is 0.698. The summed E-state index contributed by atoms with van der Waals surface area (Å²) in [5, 5.41) is 7.23. The summed E-state index contributed by atoms with van der Waals surface area (Å²) in [6, 6.07) is 20.4. The Kier molecular flexibility index (Phi) is 9.27. The predicted molar refractivity (Wildman–Crippen MR) is 135 cm³/mol. The Bertz CT molecular complexity index is 1000. The van der Waals surface area contributed by atoms with E-state index in [1.165, 1.54) is 19.3 Å². The van der Waals surface area contributed by atoms with Crippen LogP contribution in [0.4, 0.5) is 17.1 Å². The molecule has 4 nitrogen and oxygen atoms in total. The van der Waals surface area contributed by atoms with Gasteiger partial charge in [0.1, 0.15) is 5.75 Å². The quantitative estimate of drug-likeness (QED) is 0.280. The molecule has 2 N–H and O–H groups in total. The molecule has 0 atom stereocenters. The number of para-hydroxylation sites is 2. The molecule has 0 fully saturated rings. The smallest absolute Gasteiger partial charge is 0.228 e. The number of anilines is 3. The number of benzene rings is 3. The van der Waals surface area contributed by atoms with Crippen LogP contribution in [-0.2, 0) is 11.2 Å². The molecule has 0 aromatic heterocycles. The van der Waals surface area contributed by atoms with Gasteiger partial charge in [0.15, 0.2) is 0 Å². The fourth-order valence-electron chi connectivity index (χ4n) is 3.28. The second-order valence-corrected chi connectivity index (χ2v) is 8.35. The van der Waals surface area contributed by atoms with Gasteiger partial charge in [-0.1, -0.05) is 73.7 Å². The SMILES string of the molecule is CCCCCCOc1ccc(NC(=O)Cc2ccccc2Nc2c(Cl)cccc2Cl)cc1. The lowest BCUT2D eigenvalue weighted by Gasteiger charge is -2.14. The summed E-state index contributed by atoms with van der Waals surface area (Å²) in [6.07, 6.45) is 4.89. The minimum Gasteiger partial charge on any atom is -0.494 e. The van der Waals surface area contributed by atoms with Crippen molar-refractivity contribution in [2.75, 3.05) is 17.2 Å². The van der Waals surface area contributed by atoms with Crippen LogP contribution in [0.2, 0.25) is 10.0 Å². The average molecular weight is 471 g/mol. The molecule has 1 amide bonds. The van der Waals surface area contributed by atoms with Gasteiger partial charge in [0, 0.05) is 11.4 Å². The van der Waals surface area contributed by atoms with Gasteiger partial charge in [-0.15, -0.1) is 0 Å². The predicted octanol–water partition coefficient (Wildman–Crippen LogP) is 7.88. The number of halogens is 2. The molecular weight excluding hydrogens is 443 g/mol. The summed E-state index contributed by atoms with van der Waals surface area (Å²) < 4.78 is 5.76. The van der Waals surface area contributed by atoms with E-state index in [4.69, 9.17) is 27.9 Å². The van der Waals surface area contributed by atoms with E-state index in [1.54, 1.807) is 18.2 Å². The van der Waals surface area contributed by atoms with Crippen molar-refractivity contribution in [3.05, 3.63) is 82.3 Å². The zero-order valence-electron chi connectivity index (χ0n) is 18.2. The molecule has 168 valence electrons. The van der Waals surface area contributed by atoms with Crippen LogP contribution in [-0.4, -0.2) is 12.5 Å². The fourth-order valence-corrected chi connectivity index (χ4v) is 3.77. The summed E-state index contributed by atoms with van der Waals surface area (Å²) in [6.45, 7) is 2.91. The number of unbranched alkanes of at least 4 members (excludes halogenated alkanes) is 3. The number of hydrogen-bond acceptors (Lipinski definition) is 3. The largest absolute Gasteiger partial charge is 0.494 e. The third kappa shape index (κ3) is 7.18. The van der Waals surface area contributed by atoms with Gasteiger partial charge in [0.05, 0.1) is 28.8 Å². The number of rotatable bonds is 11. The van der Waals surface area contributed by atoms with Crippen molar-refractivity contribution in [3.63, 3.8) is 0 Å². The Hall–Kier alpha value is -2.69. The van der Waals surface area contributed by atoms with Crippen molar-refractivity contribution < 1.29 is 9.53 Å². The lowest BCUT2D eigenvalue weighted by atomic mass is 10.1. The standard InChI is InChI=1S/C26H28Cl2N2O2/c1-2-3-4-7-17-32-21-15-13-20(14-16-21)29-25(31)18-19-9-5-6-12-24(19)30-26-22(27)10-8-11-23(26)28/h5-6,8-16,30H,2-4,7,17-18H2,1H3,(H,29,31). The second kappa shape index (κ2) is 12.4. The van der Waals surface area contributed by atoms with Crippen LogP contribution in [0.25, 0.3) is 0 Å². The highest BCUT2D eigenvalue weighted by atomic mass is 35.5. The molecule has 3 aromatic carbocycles. The second-order valence-electron chi connectivity index (χ2n) is 7.54. The molecule has 3 aromatic rings. The molecule has 0 spiro atoms. The van der Waals surface area contributed by atoms with Gasteiger partial charge in [0.2, 0.25) is 5.91 Å². The fraction of sp³-hybridized carbons (Fsp3) is 0.269. The molecule has 0 aliphatic rings. The third-order valence-corrected chi connectivity index (χ3v) is 5.63. The first kappa shape index (κ1) is 24.0. The molecule has 6 heteroatoms. The van der Waals surface area contributed by atoms with E-state index in [0.29, 0.717) is 22.3 Å². The highest BCUT2D eigenvalue weighted by molar-refractivity contribution is 6.39. The Morgan fingerprint density at radius 2 is 1.59 bits per heavy atom. The van der Waals surface area contributed by atoms with Crippen molar-refractivity contribution in [1.29, 1.82) is 0 Å². The van der Waals surface area contributed by atoms with Crippen molar-refractivity contribution in [1.82, 2.24) is 0 Å². The minimum atomic E-state index is -0.113. The molecule has 0 aliphatic carbocycles. The van der Waals surface area contributed by atoms with Gasteiger partial charge < -0.3 is 15.4 Å². The van der Waals surface area contributed by atoms with E-state index in [1.807, 2.05) is 48.5 Å². The van der Waals surface area contributed by atoms with E-state index in [9.17, 15) is 4.79 Å². The van der Waals surface area contributed by atoms with Crippen LogP contribution in [0.15, 0.2) is 66.7 Å². The molecule has 0 saturated heterocycles. The van der Waals surface area contributed by atoms with E-state index in [-0.39, 0.29) is 12.3 Å². The van der Waals surface area contributed by atoms with Crippen LogP contribution in [0.1, 0.15) is 38.2 Å². The normalized spacial score (nSPS) is 10.6. The number of carbonyl (C=O) groups is 1. The van der Waals surface area contributed by atoms with Gasteiger partial charge in [-0.2, -0.15) is 0 Å². The molecule has 3 rings (SSSR count). The lowest BCUT2D eigenvalue weighted by Crippen LogP contribution is -2.15. The van der Waals surface area contributed by atoms with E-state index >= 15 is 0 Å². The maximum Gasteiger partial charge on any atom is 0.228 e. The van der Waals surface area contributed by atoms with Crippen molar-refractivity contribution in [2.45, 2.75) is 39.0 Å². The van der Waals surface area contributed by atoms with Gasteiger partial charge in [-0.3, -0.25) is 4.79 Å². The molecule has 0 bridgehead atoms. The molecule has 0 heterocycles. The van der Waals surface area contributed by atoms with Gasteiger partial charge in [-0.25, -0.2) is 0 Å². The topological polar surface area (TPSA) is 50.4 Å². The Morgan fingerprint density at radius 3 is 2.31 bits per heavy atom. The molecule has 0 aliphatic heterocycles. The van der Waals surface area contributed by atoms with Crippen LogP contribution in [0.3, 0.4) is 0 Å². The third-order valence-electron chi connectivity index (χ3n) is 5.00. The van der Waals surface area contributed by atoms with Crippen LogP contribution in [0, 0.1) is 0 Å². The van der Waals surface area contributed by atoms with Crippen molar-refractivity contribution in [3.8, 4) is 5.75 Å². The summed E-state index contributed by atoms with van der Waals surface area (Å²) >= 11 is 12.6. The molecular formula is C26H28Cl2N2O2. The van der Waals surface area contributed by atoms with Crippen LogP contribution in [0.5, 0.6) is 5.75 Å². The van der Waals surface area contributed by atoms with E-state index < -0.39 is 0 Å². The zero-order valence-corrected chi connectivity index (χ0v) is 19.7. The highest BCUT2D eigenvalue weighted by Crippen LogP contribution is 2.33. The number of hydrogen-bond donors (Lipinski definition) is 2. The molecule has 0 radical (unpaired) electrons. The first-order chi connectivity index (χ1) is 15.6. The number of ether oxygens (including phenoxy) is 1. The van der Waals surface area contributed by atoms with Crippen molar-refractivity contribution >= 4 is 46.2 Å². The minimum absolute atomic E-state index is 0.113. The maximum atomic E-state index is 12.7. The molecule has 0 unspecified atom stereocenters. The van der Waals surface area contributed by atoms with E-state index in [0.717, 1.165) is 29.1 Å². The first-order valence-corrected chi connectivity index (χ1v) is 11.6. The van der Waals surface area contributed by atoms with Crippen LogP contribution < -0.4 is 15.4 Å². The summed E-state index contributed by atoms with van der Waals surface area (Å²) in [7, 11) is 0. The monoisotopic (exact) mass is 470 g/mol. The lowest BCUT2D eigenvalue weighted by molar-refractivity contribution is -0.115. The van der Waals surface area contributed by atoms with E-state index in [2.05, 4.69) is 17.6 Å².